The highest BCUT2D eigenvalue weighted by atomic mass is 16.5. The molecule has 0 aromatic heterocycles. The van der Waals surface area contributed by atoms with E-state index in [4.69, 9.17) is 4.74 Å². The lowest BCUT2D eigenvalue weighted by molar-refractivity contribution is 0.487. The normalized spacial score (nSPS) is 13.9. The summed E-state index contributed by atoms with van der Waals surface area (Å²) in [6.45, 7) is 0. The summed E-state index contributed by atoms with van der Waals surface area (Å²) >= 11 is 0. The topological polar surface area (TPSA) is 15.7 Å². The first kappa shape index (κ1) is 34.6. The van der Waals surface area contributed by atoms with E-state index in [9.17, 15) is 0 Å². The molecule has 0 N–H and O–H groups in total. The summed E-state index contributed by atoms with van der Waals surface area (Å²) in [5, 5.41) is 4.73. The van der Waals surface area contributed by atoms with E-state index in [0.29, 0.717) is 5.92 Å². The van der Waals surface area contributed by atoms with Crippen molar-refractivity contribution in [1.82, 2.24) is 0 Å². The Balaban J connectivity index is 1.05. The highest BCUT2D eigenvalue weighted by molar-refractivity contribution is 6.11. The third kappa shape index (κ3) is 6.25. The van der Waals surface area contributed by atoms with E-state index in [1.165, 1.54) is 27.5 Å². The van der Waals surface area contributed by atoms with Gasteiger partial charge in [0, 0.05) is 50.7 Å². The van der Waals surface area contributed by atoms with Crippen LogP contribution in [0.1, 0.15) is 17.9 Å². The molecular weight excluding hydrogens is 717 g/mol. The predicted molar refractivity (Wildman–Crippen MR) is 247 cm³/mol. The standard InChI is InChI=1S/C56H40N2O/c1-4-14-39(15-5-1)40-26-30-45(31-27-40)58(46-32-28-42(29-33-46)49-23-12-17-41-16-10-11-22-48(41)49)53-35-37-55-56-50(24-13-25-51(53)56)52-38-47(34-36-54(52)59-55)57(43-18-6-2-7-19-43)44-20-8-3-9-21-44/h1-14,16-39H,15H2. The van der Waals surface area contributed by atoms with Gasteiger partial charge in [0.1, 0.15) is 11.5 Å². The molecule has 3 nitrogen and oxygen atoms in total. The van der Waals surface area contributed by atoms with Crippen LogP contribution in [-0.2, 0) is 0 Å². The minimum absolute atomic E-state index is 0.379. The van der Waals surface area contributed by atoms with Gasteiger partial charge in [-0.1, -0.05) is 146 Å². The van der Waals surface area contributed by atoms with Crippen molar-refractivity contribution in [2.45, 2.75) is 12.3 Å². The number of hydrogen-bond acceptors (Lipinski definition) is 3. The van der Waals surface area contributed by atoms with Gasteiger partial charge in [0.2, 0.25) is 0 Å². The number of anilines is 6. The minimum atomic E-state index is 0.379. The van der Waals surface area contributed by atoms with Crippen LogP contribution in [-0.4, -0.2) is 0 Å². The first-order chi connectivity index (χ1) is 29.3. The Bertz CT molecular complexity index is 3000. The lowest BCUT2D eigenvalue weighted by atomic mass is 9.92. The molecule has 0 fully saturated rings. The Morgan fingerprint density at radius 1 is 0.424 bits per heavy atom. The lowest BCUT2D eigenvalue weighted by Gasteiger charge is -2.30. The van der Waals surface area contributed by atoms with Crippen LogP contribution in [0, 0.1) is 0 Å². The van der Waals surface area contributed by atoms with E-state index in [0.717, 1.165) is 73.9 Å². The zero-order chi connectivity index (χ0) is 39.1. The number of hydrogen-bond donors (Lipinski definition) is 0. The van der Waals surface area contributed by atoms with Crippen LogP contribution in [0.2, 0.25) is 0 Å². The molecule has 0 radical (unpaired) electrons. The minimum Gasteiger partial charge on any atom is -0.456 e. The third-order valence-corrected chi connectivity index (χ3v) is 11.8. The van der Waals surface area contributed by atoms with Crippen LogP contribution in [0.25, 0.3) is 43.8 Å². The van der Waals surface area contributed by atoms with Crippen LogP contribution in [0.3, 0.4) is 0 Å². The number of para-hydroxylation sites is 2. The van der Waals surface area contributed by atoms with E-state index >= 15 is 0 Å². The molecule has 0 saturated carbocycles. The maximum absolute atomic E-state index is 6.78. The van der Waals surface area contributed by atoms with Crippen LogP contribution in [0.15, 0.2) is 224 Å². The lowest BCUT2D eigenvalue weighted by Crippen LogP contribution is -2.12. The van der Waals surface area contributed by atoms with E-state index in [1.54, 1.807) is 0 Å². The molecular formula is C56H40N2O. The van der Waals surface area contributed by atoms with Crippen LogP contribution in [0.5, 0.6) is 11.5 Å². The molecule has 59 heavy (non-hydrogen) atoms. The van der Waals surface area contributed by atoms with E-state index < -0.39 is 0 Å². The number of rotatable bonds is 8. The van der Waals surface area contributed by atoms with Gasteiger partial charge in [-0.15, -0.1) is 0 Å². The molecule has 2 aliphatic rings. The Labute approximate surface area is 345 Å². The van der Waals surface area contributed by atoms with Gasteiger partial charge in [0.05, 0.1) is 5.69 Å². The van der Waals surface area contributed by atoms with Crippen LogP contribution in [0.4, 0.5) is 34.1 Å². The average Bonchev–Trinajstić information content (AvgIpc) is 3.31. The van der Waals surface area contributed by atoms with Gasteiger partial charge in [0.15, 0.2) is 0 Å². The summed E-state index contributed by atoms with van der Waals surface area (Å²) in [7, 11) is 0. The molecule has 0 amide bonds. The molecule has 280 valence electrons. The van der Waals surface area contributed by atoms with E-state index in [1.807, 2.05) is 0 Å². The summed E-state index contributed by atoms with van der Waals surface area (Å²) in [6, 6.07) is 72.0. The van der Waals surface area contributed by atoms with Crippen molar-refractivity contribution >= 4 is 55.7 Å². The van der Waals surface area contributed by atoms with E-state index in [-0.39, 0.29) is 0 Å². The van der Waals surface area contributed by atoms with Crippen molar-refractivity contribution in [3.05, 3.63) is 230 Å². The molecule has 11 rings (SSSR count). The molecule has 0 bridgehead atoms. The predicted octanol–water partition coefficient (Wildman–Crippen LogP) is 16.0. The van der Waals surface area contributed by atoms with Gasteiger partial charge >= 0.3 is 0 Å². The Hall–Kier alpha value is -7.62. The van der Waals surface area contributed by atoms with Crippen LogP contribution < -0.4 is 14.5 Å². The van der Waals surface area contributed by atoms with Crippen molar-refractivity contribution in [1.29, 1.82) is 0 Å². The molecule has 0 saturated heterocycles. The summed E-state index contributed by atoms with van der Waals surface area (Å²) < 4.78 is 6.78. The molecule has 1 aliphatic carbocycles. The highest BCUT2D eigenvalue weighted by Crippen LogP contribution is 2.52. The van der Waals surface area contributed by atoms with Gasteiger partial charge in [-0.3, -0.25) is 0 Å². The number of benzene rings is 9. The van der Waals surface area contributed by atoms with Crippen molar-refractivity contribution in [3.8, 4) is 33.8 Å². The van der Waals surface area contributed by atoms with Gasteiger partial charge in [-0.05, 0) is 118 Å². The zero-order valence-electron chi connectivity index (χ0n) is 32.4. The van der Waals surface area contributed by atoms with Crippen molar-refractivity contribution in [2.24, 2.45) is 0 Å². The second-order valence-corrected chi connectivity index (χ2v) is 15.3. The van der Waals surface area contributed by atoms with Crippen molar-refractivity contribution in [3.63, 3.8) is 0 Å². The molecule has 3 heteroatoms. The number of allylic oxidation sites excluding steroid dienone is 4. The maximum atomic E-state index is 6.78. The fourth-order valence-electron chi connectivity index (χ4n) is 8.93. The van der Waals surface area contributed by atoms with Crippen molar-refractivity contribution < 1.29 is 4.74 Å². The maximum Gasteiger partial charge on any atom is 0.136 e. The fourth-order valence-corrected chi connectivity index (χ4v) is 8.93. The highest BCUT2D eigenvalue weighted by Gasteiger charge is 2.26. The summed E-state index contributed by atoms with van der Waals surface area (Å²) in [6.07, 6.45) is 9.86. The molecule has 1 aliphatic heterocycles. The monoisotopic (exact) mass is 756 g/mol. The molecule has 0 spiro atoms. The largest absolute Gasteiger partial charge is 0.456 e. The second kappa shape index (κ2) is 14.7. The number of ether oxygens (including phenoxy) is 1. The fraction of sp³-hybridized carbons (Fsp3) is 0.0357. The Kier molecular flexibility index (Phi) is 8.63. The molecule has 1 unspecified atom stereocenters. The number of fused-ring (bicyclic) bond motifs is 3. The van der Waals surface area contributed by atoms with Gasteiger partial charge < -0.3 is 14.5 Å². The smallest absolute Gasteiger partial charge is 0.136 e. The van der Waals surface area contributed by atoms with E-state index in [2.05, 4.69) is 234 Å². The van der Waals surface area contributed by atoms with Crippen molar-refractivity contribution in [2.75, 3.05) is 9.80 Å². The van der Waals surface area contributed by atoms with Crippen LogP contribution >= 0.6 is 0 Å². The first-order valence-electron chi connectivity index (χ1n) is 20.4. The second-order valence-electron chi connectivity index (χ2n) is 15.3. The Morgan fingerprint density at radius 3 is 1.78 bits per heavy atom. The summed E-state index contributed by atoms with van der Waals surface area (Å²) in [5.41, 5.74) is 12.5. The SMILES string of the molecule is C1=CCC(c2ccc(N(c3ccc(-c4cccc5ccccc45)cc3)c3ccc4c5c(cccc35)-c3cc(N(c5ccccc5)c5ccccc5)ccc3O4)cc2)C=C1. The summed E-state index contributed by atoms with van der Waals surface area (Å²) in [5.74, 6) is 2.09. The van der Waals surface area contributed by atoms with Gasteiger partial charge in [-0.25, -0.2) is 0 Å². The quantitative estimate of drug-likeness (QED) is 0.154. The van der Waals surface area contributed by atoms with Gasteiger partial charge in [0.25, 0.3) is 0 Å². The van der Waals surface area contributed by atoms with Gasteiger partial charge in [-0.2, -0.15) is 0 Å². The molecule has 1 heterocycles. The zero-order valence-corrected chi connectivity index (χ0v) is 32.4. The molecule has 9 aromatic rings. The molecule has 9 aromatic carbocycles. The Morgan fingerprint density at radius 2 is 1.03 bits per heavy atom. The third-order valence-electron chi connectivity index (χ3n) is 11.8. The average molecular weight is 757 g/mol. The molecule has 1 atom stereocenters. The summed E-state index contributed by atoms with van der Waals surface area (Å²) in [4.78, 5) is 4.70. The first-order valence-corrected chi connectivity index (χ1v) is 20.4. The number of nitrogens with zero attached hydrogens (tertiary/aromatic N) is 2.